The SMILES string of the molecule is O=C1CCC[C@H]1[C@H]1CCCN1. The lowest BCUT2D eigenvalue weighted by Crippen LogP contribution is -2.32. The van der Waals surface area contributed by atoms with E-state index in [4.69, 9.17) is 0 Å². The third kappa shape index (κ3) is 1.32. The van der Waals surface area contributed by atoms with Crippen LogP contribution in [0, 0.1) is 5.92 Å². The number of Topliss-reactive ketones (excluding diaryl/α,β-unsaturated/α-hetero) is 1. The molecule has 0 aromatic carbocycles. The Bertz CT molecular complexity index is 161. The predicted molar refractivity (Wildman–Crippen MR) is 43.4 cm³/mol. The summed E-state index contributed by atoms with van der Waals surface area (Å²) in [4.78, 5) is 11.3. The molecule has 1 saturated heterocycles. The van der Waals surface area contributed by atoms with Crippen molar-refractivity contribution in [3.8, 4) is 0 Å². The molecule has 0 unspecified atom stereocenters. The second kappa shape index (κ2) is 2.94. The lowest BCUT2D eigenvalue weighted by molar-refractivity contribution is -0.121. The van der Waals surface area contributed by atoms with E-state index in [0.29, 0.717) is 17.7 Å². The fourth-order valence-electron chi connectivity index (χ4n) is 2.32. The first-order valence-electron chi connectivity index (χ1n) is 4.64. The maximum Gasteiger partial charge on any atom is 0.137 e. The lowest BCUT2D eigenvalue weighted by Gasteiger charge is -2.15. The monoisotopic (exact) mass is 153 g/mol. The summed E-state index contributed by atoms with van der Waals surface area (Å²) in [6, 6.07) is 0.532. The summed E-state index contributed by atoms with van der Waals surface area (Å²) < 4.78 is 0. The van der Waals surface area contributed by atoms with Crippen LogP contribution in [-0.4, -0.2) is 18.4 Å². The molecule has 2 atom stereocenters. The van der Waals surface area contributed by atoms with Gasteiger partial charge in [0.15, 0.2) is 0 Å². The molecule has 2 rings (SSSR count). The number of carbonyl (C=O) groups is 1. The van der Waals surface area contributed by atoms with Gasteiger partial charge in [0.1, 0.15) is 5.78 Å². The zero-order valence-corrected chi connectivity index (χ0v) is 6.81. The molecule has 0 amide bonds. The molecular formula is C9H15NO. The summed E-state index contributed by atoms with van der Waals surface area (Å²) in [7, 11) is 0. The van der Waals surface area contributed by atoms with Crippen LogP contribution in [0.1, 0.15) is 32.1 Å². The molecule has 0 radical (unpaired) electrons. The van der Waals surface area contributed by atoms with Crippen LogP contribution in [0.15, 0.2) is 0 Å². The summed E-state index contributed by atoms with van der Waals surface area (Å²) in [6.45, 7) is 1.12. The fourth-order valence-corrected chi connectivity index (χ4v) is 2.32. The van der Waals surface area contributed by atoms with Crippen molar-refractivity contribution in [2.75, 3.05) is 6.54 Å². The molecular weight excluding hydrogens is 138 g/mol. The minimum Gasteiger partial charge on any atom is -0.313 e. The second-order valence-corrected chi connectivity index (χ2v) is 3.67. The summed E-state index contributed by atoms with van der Waals surface area (Å²) >= 11 is 0. The Morgan fingerprint density at radius 2 is 2.18 bits per heavy atom. The van der Waals surface area contributed by atoms with E-state index in [0.717, 1.165) is 25.8 Å². The number of hydrogen-bond donors (Lipinski definition) is 1. The topological polar surface area (TPSA) is 29.1 Å². The van der Waals surface area contributed by atoms with Crippen LogP contribution in [0.25, 0.3) is 0 Å². The van der Waals surface area contributed by atoms with Gasteiger partial charge in [-0.25, -0.2) is 0 Å². The highest BCUT2D eigenvalue weighted by Crippen LogP contribution is 2.28. The largest absolute Gasteiger partial charge is 0.313 e. The molecule has 1 saturated carbocycles. The first-order chi connectivity index (χ1) is 5.38. The number of rotatable bonds is 1. The summed E-state index contributed by atoms with van der Waals surface area (Å²) in [5.74, 6) is 0.877. The molecule has 1 aliphatic carbocycles. The van der Waals surface area contributed by atoms with Crippen LogP contribution in [0.2, 0.25) is 0 Å². The zero-order chi connectivity index (χ0) is 7.68. The van der Waals surface area contributed by atoms with Gasteiger partial charge in [0.05, 0.1) is 0 Å². The summed E-state index contributed by atoms with van der Waals surface area (Å²) in [5.41, 5.74) is 0. The van der Waals surface area contributed by atoms with E-state index < -0.39 is 0 Å². The van der Waals surface area contributed by atoms with Gasteiger partial charge in [-0.15, -0.1) is 0 Å². The highest BCUT2D eigenvalue weighted by atomic mass is 16.1. The van der Waals surface area contributed by atoms with E-state index in [-0.39, 0.29) is 0 Å². The van der Waals surface area contributed by atoms with Gasteiger partial charge in [0.2, 0.25) is 0 Å². The molecule has 0 spiro atoms. The van der Waals surface area contributed by atoms with Crippen LogP contribution >= 0.6 is 0 Å². The highest BCUT2D eigenvalue weighted by Gasteiger charge is 2.33. The number of ketones is 1. The first-order valence-corrected chi connectivity index (χ1v) is 4.64. The van der Waals surface area contributed by atoms with E-state index in [9.17, 15) is 4.79 Å². The Morgan fingerprint density at radius 3 is 2.73 bits per heavy atom. The van der Waals surface area contributed by atoms with Gasteiger partial charge in [-0.2, -0.15) is 0 Å². The van der Waals surface area contributed by atoms with Gasteiger partial charge in [-0.05, 0) is 32.2 Å². The Hall–Kier alpha value is -0.370. The standard InChI is InChI=1S/C9H15NO/c11-9-5-1-3-7(9)8-4-2-6-10-8/h7-8,10H,1-6H2/t7-,8+/m0/s1. The molecule has 1 N–H and O–H groups in total. The summed E-state index contributed by atoms with van der Waals surface area (Å²) in [6.07, 6.45) is 5.58. The first kappa shape index (κ1) is 7.29. The molecule has 1 heterocycles. The van der Waals surface area contributed by atoms with E-state index in [1.54, 1.807) is 0 Å². The molecule has 0 aromatic rings. The highest BCUT2D eigenvalue weighted by molar-refractivity contribution is 5.83. The van der Waals surface area contributed by atoms with E-state index in [1.165, 1.54) is 12.8 Å². The number of carbonyl (C=O) groups excluding carboxylic acids is 1. The molecule has 2 nitrogen and oxygen atoms in total. The molecule has 2 aliphatic rings. The molecule has 62 valence electrons. The van der Waals surface area contributed by atoms with Crippen molar-refractivity contribution in [3.05, 3.63) is 0 Å². The van der Waals surface area contributed by atoms with Gasteiger partial charge >= 0.3 is 0 Å². The Morgan fingerprint density at radius 1 is 1.27 bits per heavy atom. The minimum absolute atomic E-state index is 0.373. The fraction of sp³-hybridized carbons (Fsp3) is 0.889. The average molecular weight is 153 g/mol. The third-order valence-corrected chi connectivity index (χ3v) is 2.94. The Kier molecular flexibility index (Phi) is 1.95. The van der Waals surface area contributed by atoms with Crippen LogP contribution in [0.3, 0.4) is 0 Å². The maximum absolute atomic E-state index is 11.3. The van der Waals surface area contributed by atoms with Crippen molar-refractivity contribution in [1.82, 2.24) is 5.32 Å². The smallest absolute Gasteiger partial charge is 0.137 e. The molecule has 0 aromatic heterocycles. The molecule has 2 heteroatoms. The predicted octanol–water partition coefficient (Wildman–Crippen LogP) is 1.11. The number of hydrogen-bond acceptors (Lipinski definition) is 2. The normalized spacial score (nSPS) is 38.4. The van der Waals surface area contributed by atoms with E-state index in [2.05, 4.69) is 5.32 Å². The van der Waals surface area contributed by atoms with Gasteiger partial charge < -0.3 is 5.32 Å². The third-order valence-electron chi connectivity index (χ3n) is 2.94. The van der Waals surface area contributed by atoms with Crippen LogP contribution in [0.5, 0.6) is 0 Å². The van der Waals surface area contributed by atoms with Crippen LogP contribution in [-0.2, 0) is 4.79 Å². The molecule has 2 fully saturated rings. The molecule has 0 bridgehead atoms. The van der Waals surface area contributed by atoms with Crippen LogP contribution < -0.4 is 5.32 Å². The van der Waals surface area contributed by atoms with Crippen molar-refractivity contribution in [2.24, 2.45) is 5.92 Å². The average Bonchev–Trinajstić information content (AvgIpc) is 2.55. The van der Waals surface area contributed by atoms with Crippen molar-refractivity contribution >= 4 is 5.78 Å². The second-order valence-electron chi connectivity index (χ2n) is 3.67. The van der Waals surface area contributed by atoms with E-state index in [1.807, 2.05) is 0 Å². The summed E-state index contributed by atoms with van der Waals surface area (Å²) in [5, 5.41) is 3.41. The van der Waals surface area contributed by atoms with Crippen molar-refractivity contribution in [2.45, 2.75) is 38.1 Å². The van der Waals surface area contributed by atoms with Gasteiger partial charge in [-0.3, -0.25) is 4.79 Å². The van der Waals surface area contributed by atoms with E-state index >= 15 is 0 Å². The maximum atomic E-state index is 11.3. The van der Waals surface area contributed by atoms with Crippen molar-refractivity contribution < 1.29 is 4.79 Å². The van der Waals surface area contributed by atoms with Crippen LogP contribution in [0.4, 0.5) is 0 Å². The lowest BCUT2D eigenvalue weighted by atomic mass is 9.96. The number of nitrogens with one attached hydrogen (secondary N) is 1. The van der Waals surface area contributed by atoms with Gasteiger partial charge in [0.25, 0.3) is 0 Å². The van der Waals surface area contributed by atoms with Gasteiger partial charge in [-0.1, -0.05) is 0 Å². The Labute approximate surface area is 67.4 Å². The minimum atomic E-state index is 0.373. The quantitative estimate of drug-likeness (QED) is 0.611. The van der Waals surface area contributed by atoms with Crippen molar-refractivity contribution in [3.63, 3.8) is 0 Å². The molecule has 1 aliphatic heterocycles. The van der Waals surface area contributed by atoms with Gasteiger partial charge in [0, 0.05) is 18.4 Å². The molecule has 11 heavy (non-hydrogen) atoms. The zero-order valence-electron chi connectivity index (χ0n) is 6.81. The van der Waals surface area contributed by atoms with Crippen molar-refractivity contribution in [1.29, 1.82) is 0 Å². The Balaban J connectivity index is 1.97.